The fourth-order valence-corrected chi connectivity index (χ4v) is 2.75. The molecule has 108 valence electrons. The molecule has 0 aliphatic heterocycles. The predicted molar refractivity (Wildman–Crippen MR) is 83.6 cm³/mol. The predicted octanol–water partition coefficient (Wildman–Crippen LogP) is 4.02. The fraction of sp³-hybridized carbons (Fsp3) is 0.214. The molecular formula is C14H13ClN4OS. The summed E-state index contributed by atoms with van der Waals surface area (Å²) >= 11 is 7.28. The van der Waals surface area contributed by atoms with Crippen molar-refractivity contribution in [3.63, 3.8) is 0 Å². The van der Waals surface area contributed by atoms with Gasteiger partial charge in [0.2, 0.25) is 0 Å². The number of hydrogen-bond acceptors (Lipinski definition) is 6. The zero-order valence-corrected chi connectivity index (χ0v) is 12.9. The SMILES string of the molecule is CCc1noc(-c2cccc(NCc3cnc(Cl)s3)c2)n1. The van der Waals surface area contributed by atoms with E-state index in [1.807, 2.05) is 31.2 Å². The first-order valence-corrected chi connectivity index (χ1v) is 7.71. The molecule has 0 aliphatic rings. The molecule has 3 aromatic rings. The van der Waals surface area contributed by atoms with Crippen LogP contribution in [0.5, 0.6) is 0 Å². The minimum atomic E-state index is 0.538. The molecule has 0 unspecified atom stereocenters. The molecule has 2 heterocycles. The molecule has 0 aliphatic carbocycles. The Bertz CT molecular complexity index is 740. The molecule has 0 fully saturated rings. The maximum absolute atomic E-state index is 5.82. The summed E-state index contributed by atoms with van der Waals surface area (Å²) < 4.78 is 5.80. The van der Waals surface area contributed by atoms with Crippen LogP contribution in [0.1, 0.15) is 17.6 Å². The number of aryl methyl sites for hydroxylation is 1. The zero-order chi connectivity index (χ0) is 14.7. The van der Waals surface area contributed by atoms with Gasteiger partial charge in [-0.25, -0.2) is 4.98 Å². The Morgan fingerprint density at radius 2 is 2.29 bits per heavy atom. The van der Waals surface area contributed by atoms with Gasteiger partial charge in [-0.1, -0.05) is 29.7 Å². The molecule has 1 N–H and O–H groups in total. The van der Waals surface area contributed by atoms with Crippen LogP contribution in [0.2, 0.25) is 4.47 Å². The highest BCUT2D eigenvalue weighted by Crippen LogP contribution is 2.23. The lowest BCUT2D eigenvalue weighted by molar-refractivity contribution is 0.423. The van der Waals surface area contributed by atoms with Crippen LogP contribution in [-0.2, 0) is 13.0 Å². The van der Waals surface area contributed by atoms with Crippen LogP contribution in [0.3, 0.4) is 0 Å². The smallest absolute Gasteiger partial charge is 0.257 e. The van der Waals surface area contributed by atoms with Gasteiger partial charge < -0.3 is 9.84 Å². The molecule has 7 heteroatoms. The number of rotatable bonds is 5. The van der Waals surface area contributed by atoms with Gasteiger partial charge in [-0.05, 0) is 18.2 Å². The zero-order valence-electron chi connectivity index (χ0n) is 11.3. The quantitative estimate of drug-likeness (QED) is 0.769. The Morgan fingerprint density at radius 3 is 3.00 bits per heavy atom. The van der Waals surface area contributed by atoms with Crippen LogP contribution in [0.15, 0.2) is 35.0 Å². The van der Waals surface area contributed by atoms with Crippen molar-refractivity contribution in [2.75, 3.05) is 5.32 Å². The van der Waals surface area contributed by atoms with Gasteiger partial charge >= 0.3 is 0 Å². The Morgan fingerprint density at radius 1 is 1.38 bits per heavy atom. The molecule has 2 aromatic heterocycles. The summed E-state index contributed by atoms with van der Waals surface area (Å²) in [7, 11) is 0. The lowest BCUT2D eigenvalue weighted by atomic mass is 10.2. The Balaban J connectivity index is 1.73. The molecule has 5 nitrogen and oxygen atoms in total. The Labute approximate surface area is 131 Å². The topological polar surface area (TPSA) is 63.8 Å². The maximum atomic E-state index is 5.82. The molecule has 0 spiro atoms. The highest BCUT2D eigenvalue weighted by atomic mass is 35.5. The van der Waals surface area contributed by atoms with Gasteiger partial charge in [0.1, 0.15) is 0 Å². The summed E-state index contributed by atoms with van der Waals surface area (Å²) in [5.41, 5.74) is 1.88. The highest BCUT2D eigenvalue weighted by molar-refractivity contribution is 7.15. The van der Waals surface area contributed by atoms with E-state index in [1.54, 1.807) is 6.20 Å². The van der Waals surface area contributed by atoms with Crippen LogP contribution in [-0.4, -0.2) is 15.1 Å². The third kappa shape index (κ3) is 3.40. The van der Waals surface area contributed by atoms with Crippen LogP contribution in [0.4, 0.5) is 5.69 Å². The maximum Gasteiger partial charge on any atom is 0.257 e. The van der Waals surface area contributed by atoms with Gasteiger partial charge in [-0.2, -0.15) is 4.98 Å². The van der Waals surface area contributed by atoms with Crippen molar-refractivity contribution in [3.8, 4) is 11.5 Å². The molecule has 0 radical (unpaired) electrons. The number of aromatic nitrogens is 3. The highest BCUT2D eigenvalue weighted by Gasteiger charge is 2.08. The monoisotopic (exact) mass is 320 g/mol. The van der Waals surface area contributed by atoms with E-state index in [9.17, 15) is 0 Å². The number of nitrogens with zero attached hydrogens (tertiary/aromatic N) is 3. The molecule has 0 amide bonds. The summed E-state index contributed by atoms with van der Waals surface area (Å²) in [6.45, 7) is 2.67. The first-order valence-electron chi connectivity index (χ1n) is 6.51. The van der Waals surface area contributed by atoms with E-state index in [-0.39, 0.29) is 0 Å². The molecule has 3 rings (SSSR count). The van der Waals surface area contributed by atoms with Crippen LogP contribution in [0.25, 0.3) is 11.5 Å². The third-order valence-corrected chi connectivity index (χ3v) is 4.00. The standard InChI is InChI=1S/C14H13ClN4OS/c1-2-12-18-13(20-19-12)9-4-3-5-10(6-9)16-7-11-8-17-14(15)21-11/h3-6,8,16H,2,7H2,1H3. The van der Waals surface area contributed by atoms with Gasteiger partial charge in [0.15, 0.2) is 10.3 Å². The minimum absolute atomic E-state index is 0.538. The van der Waals surface area contributed by atoms with E-state index in [0.717, 1.165) is 22.5 Å². The van der Waals surface area contributed by atoms with Crippen molar-refractivity contribution in [3.05, 3.63) is 45.6 Å². The van der Waals surface area contributed by atoms with Crippen molar-refractivity contribution in [1.82, 2.24) is 15.1 Å². The number of hydrogen-bond donors (Lipinski definition) is 1. The number of nitrogens with one attached hydrogen (secondary N) is 1. The first-order chi connectivity index (χ1) is 10.2. The second-order valence-corrected chi connectivity index (χ2v) is 6.08. The normalized spacial score (nSPS) is 10.8. The van der Waals surface area contributed by atoms with Gasteiger partial charge in [0, 0.05) is 28.7 Å². The second kappa shape index (κ2) is 6.24. The molecular weight excluding hydrogens is 308 g/mol. The summed E-state index contributed by atoms with van der Waals surface area (Å²) in [4.78, 5) is 9.43. The number of anilines is 1. The van der Waals surface area contributed by atoms with Crippen LogP contribution >= 0.6 is 22.9 Å². The van der Waals surface area contributed by atoms with Crippen molar-refractivity contribution >= 4 is 28.6 Å². The van der Waals surface area contributed by atoms with Crippen molar-refractivity contribution in [2.45, 2.75) is 19.9 Å². The van der Waals surface area contributed by atoms with E-state index in [0.29, 0.717) is 22.7 Å². The molecule has 0 saturated heterocycles. The van der Waals surface area contributed by atoms with E-state index in [1.165, 1.54) is 11.3 Å². The largest absolute Gasteiger partial charge is 0.380 e. The van der Waals surface area contributed by atoms with E-state index < -0.39 is 0 Å². The van der Waals surface area contributed by atoms with Crippen LogP contribution < -0.4 is 5.32 Å². The van der Waals surface area contributed by atoms with E-state index in [4.69, 9.17) is 16.1 Å². The summed E-state index contributed by atoms with van der Waals surface area (Å²) in [5, 5.41) is 7.24. The lowest BCUT2D eigenvalue weighted by Crippen LogP contribution is -1.97. The van der Waals surface area contributed by atoms with E-state index in [2.05, 4.69) is 20.4 Å². The molecule has 21 heavy (non-hydrogen) atoms. The second-order valence-electron chi connectivity index (χ2n) is 4.38. The lowest BCUT2D eigenvalue weighted by Gasteiger charge is -2.05. The number of halogens is 1. The van der Waals surface area contributed by atoms with Crippen molar-refractivity contribution in [2.24, 2.45) is 0 Å². The number of benzene rings is 1. The average molecular weight is 321 g/mol. The summed E-state index contributed by atoms with van der Waals surface area (Å²) in [5.74, 6) is 1.25. The van der Waals surface area contributed by atoms with E-state index >= 15 is 0 Å². The van der Waals surface area contributed by atoms with Crippen molar-refractivity contribution in [1.29, 1.82) is 0 Å². The average Bonchev–Trinajstić information content (AvgIpc) is 3.14. The molecule has 0 saturated carbocycles. The van der Waals surface area contributed by atoms with Gasteiger partial charge in [0.25, 0.3) is 5.89 Å². The van der Waals surface area contributed by atoms with Gasteiger partial charge in [-0.15, -0.1) is 11.3 Å². The van der Waals surface area contributed by atoms with Crippen molar-refractivity contribution < 1.29 is 4.52 Å². The summed E-state index contributed by atoms with van der Waals surface area (Å²) in [6, 6.07) is 7.87. The fourth-order valence-electron chi connectivity index (χ4n) is 1.83. The minimum Gasteiger partial charge on any atom is -0.380 e. The molecule has 0 atom stereocenters. The van der Waals surface area contributed by atoms with Crippen LogP contribution in [0, 0.1) is 0 Å². The Hall–Kier alpha value is -1.92. The molecule has 1 aromatic carbocycles. The molecule has 0 bridgehead atoms. The first kappa shape index (κ1) is 14.0. The number of thiazole rings is 1. The summed E-state index contributed by atoms with van der Waals surface area (Å²) in [6.07, 6.45) is 2.53. The third-order valence-electron chi connectivity index (χ3n) is 2.89. The van der Waals surface area contributed by atoms with Gasteiger partial charge in [0.05, 0.1) is 6.54 Å². The Kier molecular flexibility index (Phi) is 4.17. The van der Waals surface area contributed by atoms with Gasteiger partial charge in [-0.3, -0.25) is 0 Å².